The Morgan fingerprint density at radius 1 is 1.06 bits per heavy atom. The van der Waals surface area contributed by atoms with Crippen LogP contribution in [-0.2, 0) is 9.47 Å². The van der Waals surface area contributed by atoms with E-state index in [1.54, 1.807) is 0 Å². The summed E-state index contributed by atoms with van der Waals surface area (Å²) in [5.41, 5.74) is 0. The number of rotatable bonds is 6. The summed E-state index contributed by atoms with van der Waals surface area (Å²) in [5, 5.41) is 9.68. The maximum atomic E-state index is 9.68. The topological polar surface area (TPSA) is 38.7 Å². The molecule has 0 aromatic carbocycles. The van der Waals surface area contributed by atoms with Gasteiger partial charge >= 0.3 is 0 Å². The average Bonchev–Trinajstić information content (AvgIpc) is 2.63. The first-order valence-corrected chi connectivity index (χ1v) is 7.72. The molecule has 0 aromatic heterocycles. The molecule has 1 N–H and O–H groups in total. The van der Waals surface area contributed by atoms with Crippen molar-refractivity contribution >= 4 is 0 Å². The molecule has 0 spiro atoms. The Hall–Kier alpha value is -0.120. The third-order valence-corrected chi connectivity index (χ3v) is 4.25. The molecule has 0 radical (unpaired) electrons. The molecule has 2 aliphatic carbocycles. The number of hydrogen-bond acceptors (Lipinski definition) is 3. The van der Waals surface area contributed by atoms with Crippen molar-refractivity contribution < 1.29 is 14.6 Å². The molecule has 0 bridgehead atoms. The molecule has 3 nitrogen and oxygen atoms in total. The normalized spacial score (nSPS) is 34.0. The second-order valence-corrected chi connectivity index (χ2v) is 5.87. The molecule has 2 aliphatic rings. The molecule has 0 amide bonds. The molecule has 18 heavy (non-hydrogen) atoms. The molecule has 0 aliphatic heterocycles. The zero-order valence-electron chi connectivity index (χ0n) is 11.6. The van der Waals surface area contributed by atoms with Crippen LogP contribution in [0, 0.1) is 5.92 Å². The van der Waals surface area contributed by atoms with Crippen molar-refractivity contribution in [1.29, 1.82) is 0 Å². The predicted octanol–water partition coefficient (Wildman–Crippen LogP) is 2.90. The Morgan fingerprint density at radius 2 is 1.78 bits per heavy atom. The van der Waals surface area contributed by atoms with Gasteiger partial charge in [-0.2, -0.15) is 0 Å². The summed E-state index contributed by atoms with van der Waals surface area (Å²) in [7, 11) is 0. The summed E-state index contributed by atoms with van der Waals surface area (Å²) >= 11 is 0. The van der Waals surface area contributed by atoms with Crippen LogP contribution in [0.5, 0.6) is 0 Å². The summed E-state index contributed by atoms with van der Waals surface area (Å²) in [6.45, 7) is 3.68. The van der Waals surface area contributed by atoms with Gasteiger partial charge in [0.15, 0.2) is 0 Å². The number of aliphatic hydroxyl groups is 1. The van der Waals surface area contributed by atoms with Gasteiger partial charge in [0.25, 0.3) is 0 Å². The fourth-order valence-electron chi connectivity index (χ4n) is 2.98. The van der Waals surface area contributed by atoms with E-state index in [-0.39, 0.29) is 18.3 Å². The third kappa shape index (κ3) is 3.94. The molecule has 2 rings (SSSR count). The van der Waals surface area contributed by atoms with Gasteiger partial charge in [0.2, 0.25) is 0 Å². The van der Waals surface area contributed by atoms with Crippen LogP contribution >= 0.6 is 0 Å². The highest BCUT2D eigenvalue weighted by molar-refractivity contribution is 4.92. The van der Waals surface area contributed by atoms with Gasteiger partial charge in [0.05, 0.1) is 12.2 Å². The zero-order chi connectivity index (χ0) is 12.8. The second-order valence-electron chi connectivity index (χ2n) is 5.87. The molecule has 3 heteroatoms. The van der Waals surface area contributed by atoms with Crippen LogP contribution in [0.2, 0.25) is 0 Å². The molecular weight excluding hydrogens is 228 g/mol. The van der Waals surface area contributed by atoms with Crippen LogP contribution in [0.1, 0.15) is 58.3 Å². The molecule has 0 saturated heterocycles. The molecule has 106 valence electrons. The van der Waals surface area contributed by atoms with Crippen LogP contribution in [0.25, 0.3) is 0 Å². The minimum Gasteiger partial charge on any atom is -0.390 e. The van der Waals surface area contributed by atoms with Crippen LogP contribution in [0.4, 0.5) is 0 Å². The second kappa shape index (κ2) is 7.46. The first-order valence-electron chi connectivity index (χ1n) is 7.72. The SMILES string of the molecule is CCCOC1C(O)CC1OCC1CCCCCC1. The lowest BCUT2D eigenvalue weighted by Gasteiger charge is -2.41. The van der Waals surface area contributed by atoms with E-state index in [2.05, 4.69) is 6.92 Å². The van der Waals surface area contributed by atoms with E-state index in [9.17, 15) is 5.11 Å². The van der Waals surface area contributed by atoms with Crippen molar-refractivity contribution in [2.24, 2.45) is 5.92 Å². The molecule has 3 atom stereocenters. The van der Waals surface area contributed by atoms with Crippen molar-refractivity contribution in [3.05, 3.63) is 0 Å². The maximum absolute atomic E-state index is 9.68. The van der Waals surface area contributed by atoms with Gasteiger partial charge in [0, 0.05) is 19.6 Å². The van der Waals surface area contributed by atoms with Crippen LogP contribution in [0.15, 0.2) is 0 Å². The van der Waals surface area contributed by atoms with Crippen molar-refractivity contribution in [1.82, 2.24) is 0 Å². The van der Waals surface area contributed by atoms with Crippen molar-refractivity contribution in [3.63, 3.8) is 0 Å². The maximum Gasteiger partial charge on any atom is 0.110 e. The molecule has 0 heterocycles. The van der Waals surface area contributed by atoms with E-state index >= 15 is 0 Å². The van der Waals surface area contributed by atoms with Crippen LogP contribution in [0.3, 0.4) is 0 Å². The average molecular weight is 256 g/mol. The number of ether oxygens (including phenoxy) is 2. The smallest absolute Gasteiger partial charge is 0.110 e. The van der Waals surface area contributed by atoms with Gasteiger partial charge in [-0.15, -0.1) is 0 Å². The number of hydrogen-bond donors (Lipinski definition) is 1. The number of aliphatic hydroxyl groups excluding tert-OH is 1. The van der Waals surface area contributed by atoms with Gasteiger partial charge in [-0.3, -0.25) is 0 Å². The lowest BCUT2D eigenvalue weighted by atomic mass is 9.87. The summed E-state index contributed by atoms with van der Waals surface area (Å²) in [4.78, 5) is 0. The van der Waals surface area contributed by atoms with Crippen LogP contribution in [-0.4, -0.2) is 36.6 Å². The molecule has 2 saturated carbocycles. The van der Waals surface area contributed by atoms with Crippen molar-refractivity contribution in [3.8, 4) is 0 Å². The monoisotopic (exact) mass is 256 g/mol. The minimum atomic E-state index is -0.310. The highest BCUT2D eigenvalue weighted by atomic mass is 16.6. The Morgan fingerprint density at radius 3 is 2.39 bits per heavy atom. The van der Waals surface area contributed by atoms with Crippen LogP contribution < -0.4 is 0 Å². The summed E-state index contributed by atoms with van der Waals surface area (Å²) < 4.78 is 11.6. The molecule has 0 aromatic rings. The fourth-order valence-corrected chi connectivity index (χ4v) is 2.98. The standard InChI is InChI=1S/C15H28O3/c1-2-9-17-15-13(16)10-14(15)18-11-12-7-5-3-4-6-8-12/h12-16H,2-11H2,1H3. The summed E-state index contributed by atoms with van der Waals surface area (Å²) in [6, 6.07) is 0. The Labute approximate surface area is 111 Å². The van der Waals surface area contributed by atoms with E-state index in [1.165, 1.54) is 38.5 Å². The quantitative estimate of drug-likeness (QED) is 0.743. The van der Waals surface area contributed by atoms with Gasteiger partial charge in [-0.1, -0.05) is 32.6 Å². The highest BCUT2D eigenvalue weighted by Crippen LogP contribution is 2.30. The van der Waals surface area contributed by atoms with Gasteiger partial charge in [-0.25, -0.2) is 0 Å². The fraction of sp³-hybridized carbons (Fsp3) is 1.00. The lowest BCUT2D eigenvalue weighted by Crippen LogP contribution is -2.54. The minimum absolute atomic E-state index is 0.0734. The first-order chi connectivity index (χ1) is 8.81. The first kappa shape index (κ1) is 14.3. The van der Waals surface area contributed by atoms with Crippen molar-refractivity contribution in [2.45, 2.75) is 76.6 Å². The predicted molar refractivity (Wildman–Crippen MR) is 71.6 cm³/mol. The molecular formula is C15H28O3. The molecule has 3 unspecified atom stereocenters. The Kier molecular flexibility index (Phi) is 5.93. The van der Waals surface area contributed by atoms with E-state index in [0.717, 1.165) is 32.0 Å². The highest BCUT2D eigenvalue weighted by Gasteiger charge is 2.41. The summed E-state index contributed by atoms with van der Waals surface area (Å²) in [5.74, 6) is 0.733. The van der Waals surface area contributed by atoms with E-state index < -0.39 is 0 Å². The van der Waals surface area contributed by atoms with E-state index in [4.69, 9.17) is 9.47 Å². The van der Waals surface area contributed by atoms with E-state index in [1.807, 2.05) is 0 Å². The largest absolute Gasteiger partial charge is 0.390 e. The van der Waals surface area contributed by atoms with Crippen molar-refractivity contribution in [2.75, 3.05) is 13.2 Å². The Bertz CT molecular complexity index is 224. The van der Waals surface area contributed by atoms with Gasteiger partial charge in [-0.05, 0) is 25.2 Å². The molecule has 2 fully saturated rings. The Balaban J connectivity index is 1.66. The van der Waals surface area contributed by atoms with Gasteiger partial charge in [0.1, 0.15) is 6.10 Å². The van der Waals surface area contributed by atoms with Gasteiger partial charge < -0.3 is 14.6 Å². The van der Waals surface area contributed by atoms with E-state index in [0.29, 0.717) is 0 Å². The summed E-state index contributed by atoms with van der Waals surface area (Å²) in [6.07, 6.45) is 9.63. The zero-order valence-corrected chi connectivity index (χ0v) is 11.6. The lowest BCUT2D eigenvalue weighted by molar-refractivity contribution is -0.196. The third-order valence-electron chi connectivity index (χ3n) is 4.25.